The van der Waals surface area contributed by atoms with Gasteiger partial charge in [0.2, 0.25) is 5.91 Å². The van der Waals surface area contributed by atoms with Crippen LogP contribution in [-0.4, -0.2) is 87.3 Å². The minimum absolute atomic E-state index is 0.0258. The molecule has 31 heavy (non-hydrogen) atoms. The second-order valence-electron chi connectivity index (χ2n) is 8.99. The van der Waals surface area contributed by atoms with Crippen LogP contribution in [0.3, 0.4) is 0 Å². The van der Waals surface area contributed by atoms with Gasteiger partial charge in [-0.1, -0.05) is 18.2 Å². The average Bonchev–Trinajstić information content (AvgIpc) is 2.74. The van der Waals surface area contributed by atoms with E-state index in [2.05, 4.69) is 40.4 Å². The number of carbonyl (C=O) groups excluding carboxylic acids is 1. The molecule has 8 heteroatoms. The summed E-state index contributed by atoms with van der Waals surface area (Å²) in [4.78, 5) is 20.7. The molecule has 1 atom stereocenters. The van der Waals surface area contributed by atoms with E-state index in [4.69, 9.17) is 9.47 Å². The Hall–Kier alpha value is -2.32. The number of hydrogen-bond donors (Lipinski definition) is 2. The number of morpholine rings is 1. The van der Waals surface area contributed by atoms with Crippen molar-refractivity contribution in [1.29, 1.82) is 0 Å². The Labute approximate surface area is 186 Å². The molecule has 0 saturated carbocycles. The highest BCUT2D eigenvalue weighted by Gasteiger charge is 2.34. The number of carbonyl (C=O) groups is 1. The molecule has 0 aromatic heterocycles. The van der Waals surface area contributed by atoms with Gasteiger partial charge in [0.25, 0.3) is 0 Å². The van der Waals surface area contributed by atoms with Crippen molar-refractivity contribution in [3.63, 3.8) is 0 Å². The third-order valence-electron chi connectivity index (χ3n) is 5.61. The number of fused-ring (bicyclic) bond motifs is 1. The minimum atomic E-state index is -0.285. The highest BCUT2D eigenvalue weighted by molar-refractivity contribution is 5.85. The van der Waals surface area contributed by atoms with Crippen LogP contribution in [0, 0.1) is 0 Å². The number of para-hydroxylation sites is 1. The van der Waals surface area contributed by atoms with E-state index in [0.717, 1.165) is 63.5 Å². The predicted octanol–water partition coefficient (Wildman–Crippen LogP) is 1.63. The molecule has 8 nitrogen and oxygen atoms in total. The summed E-state index contributed by atoms with van der Waals surface area (Å²) in [5.41, 5.74) is 0.830. The summed E-state index contributed by atoms with van der Waals surface area (Å²) in [5.74, 6) is 1.53. The Bertz CT molecular complexity index is 759. The molecule has 3 rings (SSSR count). The smallest absolute Gasteiger partial charge is 0.243 e. The predicted molar refractivity (Wildman–Crippen MR) is 123 cm³/mol. The Morgan fingerprint density at radius 2 is 2.00 bits per heavy atom. The monoisotopic (exact) mass is 431 g/mol. The van der Waals surface area contributed by atoms with Crippen LogP contribution >= 0.6 is 0 Å². The van der Waals surface area contributed by atoms with Crippen LogP contribution in [0.15, 0.2) is 29.3 Å². The maximum absolute atomic E-state index is 12.1. The molecule has 2 N–H and O–H groups in total. The van der Waals surface area contributed by atoms with E-state index < -0.39 is 0 Å². The lowest BCUT2D eigenvalue weighted by atomic mass is 9.90. The number of aliphatic imine (C=N–C) groups is 1. The zero-order valence-electron chi connectivity index (χ0n) is 19.3. The number of guanidine groups is 1. The van der Waals surface area contributed by atoms with Gasteiger partial charge in [-0.25, -0.2) is 4.99 Å². The number of nitrogens with zero attached hydrogens (tertiary/aromatic N) is 3. The SMILES string of the molecule is CN(C)C(=O)CN=C(NCCCN1CCOCC1)NC1CC(C)(C)Oc2ccccc21. The lowest BCUT2D eigenvalue weighted by molar-refractivity contribution is -0.127. The fourth-order valence-electron chi connectivity index (χ4n) is 3.87. The Morgan fingerprint density at radius 3 is 2.74 bits per heavy atom. The Balaban J connectivity index is 1.64. The molecule has 0 radical (unpaired) electrons. The molecule has 0 spiro atoms. The number of amides is 1. The van der Waals surface area contributed by atoms with Gasteiger partial charge in [0.05, 0.1) is 19.3 Å². The van der Waals surface area contributed by atoms with Crippen molar-refractivity contribution in [2.24, 2.45) is 4.99 Å². The second-order valence-corrected chi connectivity index (χ2v) is 8.99. The minimum Gasteiger partial charge on any atom is -0.487 e. The first-order valence-corrected chi connectivity index (χ1v) is 11.2. The summed E-state index contributed by atoms with van der Waals surface area (Å²) in [6, 6.07) is 8.17. The van der Waals surface area contributed by atoms with Crippen LogP contribution in [0.25, 0.3) is 0 Å². The van der Waals surface area contributed by atoms with Crippen molar-refractivity contribution < 1.29 is 14.3 Å². The number of nitrogens with one attached hydrogen (secondary N) is 2. The van der Waals surface area contributed by atoms with Gasteiger partial charge >= 0.3 is 0 Å². The van der Waals surface area contributed by atoms with E-state index in [9.17, 15) is 4.79 Å². The van der Waals surface area contributed by atoms with Gasteiger partial charge in [-0.15, -0.1) is 0 Å². The van der Waals surface area contributed by atoms with Crippen molar-refractivity contribution in [3.8, 4) is 5.75 Å². The maximum atomic E-state index is 12.1. The van der Waals surface area contributed by atoms with Crippen LogP contribution in [-0.2, 0) is 9.53 Å². The molecule has 1 fully saturated rings. The summed E-state index contributed by atoms with van der Waals surface area (Å²) < 4.78 is 11.6. The highest BCUT2D eigenvalue weighted by atomic mass is 16.5. The van der Waals surface area contributed by atoms with E-state index >= 15 is 0 Å². The third kappa shape index (κ3) is 7.11. The quantitative estimate of drug-likeness (QED) is 0.388. The lowest BCUT2D eigenvalue weighted by Gasteiger charge is -2.38. The summed E-state index contributed by atoms with van der Waals surface area (Å²) in [7, 11) is 3.50. The Morgan fingerprint density at radius 1 is 1.26 bits per heavy atom. The van der Waals surface area contributed by atoms with Gasteiger partial charge in [0.15, 0.2) is 5.96 Å². The molecule has 2 heterocycles. The van der Waals surface area contributed by atoms with Crippen molar-refractivity contribution in [2.75, 3.05) is 60.0 Å². The van der Waals surface area contributed by atoms with Gasteiger partial charge in [-0.05, 0) is 32.9 Å². The number of ether oxygens (including phenoxy) is 2. The fourth-order valence-corrected chi connectivity index (χ4v) is 3.87. The number of hydrogen-bond acceptors (Lipinski definition) is 5. The summed E-state index contributed by atoms with van der Waals surface area (Å²) >= 11 is 0. The van der Waals surface area contributed by atoms with E-state index in [0.29, 0.717) is 5.96 Å². The van der Waals surface area contributed by atoms with E-state index in [1.165, 1.54) is 0 Å². The van der Waals surface area contributed by atoms with Crippen LogP contribution in [0.5, 0.6) is 5.75 Å². The highest BCUT2D eigenvalue weighted by Crippen LogP contribution is 2.39. The number of likely N-dealkylation sites (N-methyl/N-ethyl adjacent to an activating group) is 1. The van der Waals surface area contributed by atoms with Crippen molar-refractivity contribution >= 4 is 11.9 Å². The van der Waals surface area contributed by atoms with E-state index in [1.54, 1.807) is 19.0 Å². The summed E-state index contributed by atoms with van der Waals surface area (Å²) in [6.07, 6.45) is 1.80. The normalized spacial score (nSPS) is 21.0. The number of benzene rings is 1. The maximum Gasteiger partial charge on any atom is 0.243 e. The third-order valence-corrected chi connectivity index (χ3v) is 5.61. The first kappa shape index (κ1) is 23.3. The molecule has 1 aromatic rings. The molecule has 1 saturated heterocycles. The van der Waals surface area contributed by atoms with E-state index in [1.807, 2.05) is 18.2 Å². The molecule has 2 aliphatic rings. The van der Waals surface area contributed by atoms with Gasteiger partial charge in [0.1, 0.15) is 17.9 Å². The fraction of sp³-hybridized carbons (Fsp3) is 0.652. The summed E-state index contributed by atoms with van der Waals surface area (Å²) in [6.45, 7) is 9.72. The van der Waals surface area contributed by atoms with Crippen molar-refractivity contribution in [2.45, 2.75) is 38.3 Å². The molecule has 2 aliphatic heterocycles. The first-order valence-electron chi connectivity index (χ1n) is 11.2. The number of rotatable bonds is 7. The van der Waals surface area contributed by atoms with Crippen molar-refractivity contribution in [3.05, 3.63) is 29.8 Å². The topological polar surface area (TPSA) is 78.4 Å². The molecule has 0 bridgehead atoms. The van der Waals surface area contributed by atoms with Gasteiger partial charge in [-0.2, -0.15) is 0 Å². The molecule has 1 amide bonds. The van der Waals surface area contributed by atoms with Crippen LogP contribution in [0.2, 0.25) is 0 Å². The lowest BCUT2D eigenvalue weighted by Crippen LogP contribution is -2.46. The van der Waals surface area contributed by atoms with Crippen LogP contribution in [0.4, 0.5) is 0 Å². The molecule has 172 valence electrons. The van der Waals surface area contributed by atoms with Crippen LogP contribution in [0.1, 0.15) is 38.3 Å². The van der Waals surface area contributed by atoms with Gasteiger partial charge in [0, 0.05) is 45.7 Å². The van der Waals surface area contributed by atoms with E-state index in [-0.39, 0.29) is 24.1 Å². The molecule has 1 unspecified atom stereocenters. The van der Waals surface area contributed by atoms with Gasteiger partial charge in [-0.3, -0.25) is 9.69 Å². The molecule has 0 aliphatic carbocycles. The van der Waals surface area contributed by atoms with Gasteiger partial charge < -0.3 is 25.0 Å². The first-order chi connectivity index (χ1) is 14.8. The average molecular weight is 432 g/mol. The molecular formula is C23H37N5O3. The molecular weight excluding hydrogens is 394 g/mol. The Kier molecular flexibility index (Phi) is 8.15. The summed E-state index contributed by atoms with van der Waals surface area (Å²) in [5, 5.41) is 6.98. The largest absolute Gasteiger partial charge is 0.487 e. The molecule has 1 aromatic carbocycles. The van der Waals surface area contributed by atoms with Crippen molar-refractivity contribution in [1.82, 2.24) is 20.4 Å². The zero-order valence-corrected chi connectivity index (χ0v) is 19.3. The standard InChI is InChI=1S/C23H37N5O3/c1-23(2)16-19(18-8-5-6-9-20(18)31-23)26-22(25-17-21(29)27(3)4)24-10-7-11-28-12-14-30-15-13-28/h5-6,8-9,19H,7,10-17H2,1-4H3,(H2,24,25,26). The second kappa shape index (κ2) is 10.8. The van der Waals surface area contributed by atoms with Crippen LogP contribution < -0.4 is 15.4 Å². The zero-order chi connectivity index (χ0) is 22.3.